The molecule has 0 saturated heterocycles. The predicted molar refractivity (Wildman–Crippen MR) is 291 cm³/mol. The van der Waals surface area contributed by atoms with Crippen molar-refractivity contribution in [1.82, 2.24) is 4.57 Å². The van der Waals surface area contributed by atoms with Gasteiger partial charge in [-0.1, -0.05) is 159 Å². The molecular weight excluding hydrogens is 832 g/mol. The zero-order chi connectivity index (χ0) is 45.4. The molecule has 1 N–H and O–H groups in total. The van der Waals surface area contributed by atoms with Crippen LogP contribution in [0.25, 0.3) is 81.0 Å². The maximum absolute atomic E-state index is 4.11. The van der Waals surface area contributed by atoms with Crippen LogP contribution in [-0.4, -0.2) is 19.9 Å². The van der Waals surface area contributed by atoms with Crippen molar-refractivity contribution in [2.24, 2.45) is 0 Å². The van der Waals surface area contributed by atoms with E-state index in [9.17, 15) is 0 Å². The van der Waals surface area contributed by atoms with Gasteiger partial charge in [-0.25, -0.2) is 0 Å². The average Bonchev–Trinajstić information content (AvgIpc) is 3.96. The van der Waals surface area contributed by atoms with Crippen molar-refractivity contribution in [3.63, 3.8) is 0 Å². The van der Waals surface area contributed by atoms with Crippen LogP contribution in [0.15, 0.2) is 140 Å². The van der Waals surface area contributed by atoms with Gasteiger partial charge in [-0.15, -0.1) is 11.3 Å². The Morgan fingerprint density at radius 1 is 0.591 bits per heavy atom. The summed E-state index contributed by atoms with van der Waals surface area (Å²) in [5, 5.41) is 12.7. The summed E-state index contributed by atoms with van der Waals surface area (Å²) in [7, 11) is 0.263. The average molecular weight is 886 g/mol. The maximum atomic E-state index is 4.11. The Morgan fingerprint density at radius 3 is 2.06 bits per heavy atom. The van der Waals surface area contributed by atoms with E-state index in [1.807, 2.05) is 11.3 Å². The first kappa shape index (κ1) is 40.2. The standard InChI is InChI=1S/C61H54BN2SSi/c1-59(2,3)34-23-26-36(27-24-34)63-47-31-40-37-17-11-14-20-44(37)61(7,8)45(40)30-42(47)53-54-39-19-13-16-22-52(39)66(9,10)58(54)55-43-29-35(60(4,5)6)25-28-48(43)64-49-32-41-38-18-12-15-21-50(38)65-51(41)33-46(49)62-56(53)57(55)64/h11-33,63H,1-10H3. The lowest BCUT2D eigenvalue weighted by Crippen LogP contribution is -2.50. The summed E-state index contributed by atoms with van der Waals surface area (Å²) in [6, 6.07) is 54.1. The second kappa shape index (κ2) is 13.3. The molecule has 1 radical (unpaired) electrons. The van der Waals surface area contributed by atoms with Gasteiger partial charge in [-0.3, -0.25) is 0 Å². The van der Waals surface area contributed by atoms with Gasteiger partial charge in [0.2, 0.25) is 0 Å². The third-order valence-electron chi connectivity index (χ3n) is 15.7. The van der Waals surface area contributed by atoms with Crippen LogP contribution in [0, 0.1) is 0 Å². The highest BCUT2D eigenvalue weighted by atomic mass is 32.1. The normalized spacial score (nSPS) is 15.2. The molecule has 10 aromatic rings. The highest BCUT2D eigenvalue weighted by Crippen LogP contribution is 2.54. The summed E-state index contributed by atoms with van der Waals surface area (Å²) >= 11 is 1.91. The molecule has 0 saturated carbocycles. The molecule has 0 fully saturated rings. The van der Waals surface area contributed by atoms with Gasteiger partial charge in [0.15, 0.2) is 7.28 Å². The van der Waals surface area contributed by atoms with Gasteiger partial charge in [0, 0.05) is 64.5 Å². The van der Waals surface area contributed by atoms with Crippen LogP contribution in [0.1, 0.15) is 77.6 Å². The molecule has 0 unspecified atom stereocenters. The van der Waals surface area contributed by atoms with E-state index in [-0.39, 0.29) is 16.2 Å². The fourth-order valence-corrected chi connectivity index (χ4v) is 16.8. The summed E-state index contributed by atoms with van der Waals surface area (Å²) in [6.07, 6.45) is 0. The fraction of sp³-hybridized carbons (Fsp3) is 0.213. The molecule has 66 heavy (non-hydrogen) atoms. The molecule has 3 aliphatic rings. The Morgan fingerprint density at radius 2 is 1.29 bits per heavy atom. The van der Waals surface area contributed by atoms with Crippen LogP contribution in [0.2, 0.25) is 13.1 Å². The van der Waals surface area contributed by atoms with E-state index in [1.54, 1.807) is 5.19 Å². The molecule has 321 valence electrons. The monoisotopic (exact) mass is 885 g/mol. The summed E-state index contributed by atoms with van der Waals surface area (Å²) < 4.78 is 5.34. The van der Waals surface area contributed by atoms with Crippen molar-refractivity contribution < 1.29 is 0 Å². The van der Waals surface area contributed by atoms with Crippen molar-refractivity contribution in [3.05, 3.63) is 162 Å². The molecular formula is C61H54BN2SSi. The number of anilines is 2. The van der Waals surface area contributed by atoms with Crippen LogP contribution in [-0.2, 0) is 16.2 Å². The van der Waals surface area contributed by atoms with Crippen molar-refractivity contribution in [3.8, 4) is 39.1 Å². The molecule has 0 atom stereocenters. The lowest BCUT2D eigenvalue weighted by atomic mass is 9.58. The summed E-state index contributed by atoms with van der Waals surface area (Å²) in [5.74, 6) is 0. The minimum Gasteiger partial charge on any atom is -0.355 e. The first-order chi connectivity index (χ1) is 31.5. The molecule has 13 rings (SSSR count). The van der Waals surface area contributed by atoms with E-state index in [2.05, 4.69) is 225 Å². The number of aromatic nitrogens is 1. The van der Waals surface area contributed by atoms with Crippen molar-refractivity contribution in [2.45, 2.75) is 84.7 Å². The number of fused-ring (bicyclic) bond motifs is 15. The lowest BCUT2D eigenvalue weighted by molar-refractivity contribution is 0.590. The Balaban J connectivity index is 1.21. The predicted octanol–water partition coefficient (Wildman–Crippen LogP) is 14.2. The highest BCUT2D eigenvalue weighted by molar-refractivity contribution is 7.26. The van der Waals surface area contributed by atoms with Crippen LogP contribution >= 0.6 is 11.3 Å². The van der Waals surface area contributed by atoms with E-state index >= 15 is 0 Å². The maximum Gasteiger partial charge on any atom is 0.198 e. The molecule has 2 aromatic heterocycles. The first-order valence-corrected chi connectivity index (χ1v) is 27.6. The second-order valence-electron chi connectivity index (χ2n) is 22.5. The largest absolute Gasteiger partial charge is 0.355 e. The molecule has 0 bridgehead atoms. The van der Waals surface area contributed by atoms with Gasteiger partial charge in [0.1, 0.15) is 8.07 Å². The number of nitrogens with one attached hydrogen (secondary N) is 1. The zero-order valence-electron chi connectivity index (χ0n) is 39.7. The van der Waals surface area contributed by atoms with Crippen molar-refractivity contribution >= 4 is 101 Å². The minimum absolute atomic E-state index is 0.00309. The Labute approximate surface area is 394 Å². The number of thiophene rings is 1. The van der Waals surface area contributed by atoms with Crippen LogP contribution in [0.4, 0.5) is 11.4 Å². The Kier molecular flexibility index (Phi) is 8.08. The molecule has 0 amide bonds. The number of nitrogens with zero attached hydrogens (tertiary/aromatic N) is 1. The number of rotatable bonds is 3. The van der Waals surface area contributed by atoms with E-state index in [0.29, 0.717) is 0 Å². The Bertz CT molecular complexity index is 3770. The van der Waals surface area contributed by atoms with Gasteiger partial charge >= 0.3 is 0 Å². The highest BCUT2D eigenvalue weighted by Gasteiger charge is 2.45. The van der Waals surface area contributed by atoms with Crippen molar-refractivity contribution in [2.75, 3.05) is 5.32 Å². The zero-order valence-corrected chi connectivity index (χ0v) is 41.5. The summed E-state index contributed by atoms with van der Waals surface area (Å²) in [6.45, 7) is 24.0. The number of benzene rings is 8. The molecule has 1 aliphatic carbocycles. The van der Waals surface area contributed by atoms with E-state index in [1.165, 1.54) is 119 Å². The van der Waals surface area contributed by atoms with Gasteiger partial charge < -0.3 is 9.88 Å². The molecule has 5 heteroatoms. The summed E-state index contributed by atoms with van der Waals surface area (Å²) in [5.41, 5.74) is 22.2. The van der Waals surface area contributed by atoms with E-state index in [4.69, 9.17) is 0 Å². The van der Waals surface area contributed by atoms with Gasteiger partial charge in [-0.05, 0) is 131 Å². The SMILES string of the molecule is CC(C)(C)c1ccc(Nc2cc3c(cc2-c2c4c(c5c6cc(C(C)(C)C)ccc6n6c5c2[B]c2cc5sc7ccccc7c5cc2-6)[Si](C)(C)c2ccccc2-4)C(C)(C)c2ccccc2-3)cc1. The molecule has 2 nitrogen and oxygen atoms in total. The minimum atomic E-state index is -2.31. The molecule has 2 aliphatic heterocycles. The second-order valence-corrected chi connectivity index (χ2v) is 27.8. The topological polar surface area (TPSA) is 17.0 Å². The third kappa shape index (κ3) is 5.42. The first-order valence-electron chi connectivity index (χ1n) is 23.8. The molecule has 4 heterocycles. The lowest BCUT2D eigenvalue weighted by Gasteiger charge is -2.29. The van der Waals surface area contributed by atoms with Crippen molar-refractivity contribution in [1.29, 1.82) is 0 Å². The number of hydrogen-bond donors (Lipinski definition) is 1. The third-order valence-corrected chi connectivity index (χ3v) is 20.4. The summed E-state index contributed by atoms with van der Waals surface area (Å²) in [4.78, 5) is 0. The number of hydrogen-bond acceptors (Lipinski definition) is 2. The van der Waals surface area contributed by atoms with E-state index < -0.39 is 8.07 Å². The van der Waals surface area contributed by atoms with Crippen LogP contribution in [0.3, 0.4) is 0 Å². The van der Waals surface area contributed by atoms with Crippen LogP contribution in [0.5, 0.6) is 0 Å². The molecule has 8 aromatic carbocycles. The Hall–Kier alpha value is -6.14. The smallest absolute Gasteiger partial charge is 0.198 e. The van der Waals surface area contributed by atoms with Gasteiger partial charge in [-0.2, -0.15) is 0 Å². The quantitative estimate of drug-likeness (QED) is 0.175. The van der Waals surface area contributed by atoms with Gasteiger partial charge in [0.05, 0.1) is 5.52 Å². The molecule has 0 spiro atoms. The van der Waals surface area contributed by atoms with Gasteiger partial charge in [0.25, 0.3) is 0 Å². The van der Waals surface area contributed by atoms with Crippen LogP contribution < -0.4 is 26.6 Å². The van der Waals surface area contributed by atoms with E-state index in [0.717, 1.165) is 11.4 Å². The fourth-order valence-electron chi connectivity index (χ4n) is 12.2.